The van der Waals surface area contributed by atoms with Gasteiger partial charge in [-0.3, -0.25) is 4.98 Å². The van der Waals surface area contributed by atoms with E-state index in [0.717, 1.165) is 23.1 Å². The molecule has 2 N–H and O–H groups in total. The zero-order chi connectivity index (χ0) is 18.0. The minimum absolute atomic E-state index is 0.255. The number of benzene rings is 2. The number of nitrogens with one attached hydrogen (secondary N) is 1. The number of phenols is 1. The van der Waals surface area contributed by atoms with Crippen LogP contribution in [-0.4, -0.2) is 10.1 Å². The van der Waals surface area contributed by atoms with E-state index >= 15 is 0 Å². The van der Waals surface area contributed by atoms with Crippen LogP contribution in [0.2, 0.25) is 0 Å². The van der Waals surface area contributed by atoms with Crippen LogP contribution in [0.1, 0.15) is 36.1 Å². The Hall–Kier alpha value is -3.01. The first-order chi connectivity index (χ1) is 11.9. The fraction of sp³-hybridized carbons (Fsp3) is 0.190. The predicted molar refractivity (Wildman–Crippen MR) is 102 cm³/mol. The normalized spacial score (nSPS) is 11.3. The summed E-state index contributed by atoms with van der Waals surface area (Å²) in [5.41, 5.74) is 6.61. The molecule has 1 aromatic heterocycles. The van der Waals surface area contributed by atoms with Gasteiger partial charge in [0.25, 0.3) is 0 Å². The molecule has 0 radical (unpaired) electrons. The number of phenolic OH excluding ortho intramolecular Hbond substituents is 1. The predicted octanol–water partition coefficient (Wildman–Crippen LogP) is 4.81. The maximum Gasteiger partial charge on any atom is 0.417 e. The van der Waals surface area contributed by atoms with Crippen LogP contribution < -0.4 is 5.76 Å². The first-order valence-corrected chi connectivity index (χ1v) is 8.19. The summed E-state index contributed by atoms with van der Waals surface area (Å²) in [5, 5.41) is 9.93. The van der Waals surface area contributed by atoms with Gasteiger partial charge in [0.05, 0.1) is 5.52 Å². The molecule has 0 aliphatic heterocycles. The summed E-state index contributed by atoms with van der Waals surface area (Å²) in [6.45, 7) is 6.15. The van der Waals surface area contributed by atoms with E-state index in [-0.39, 0.29) is 5.75 Å². The number of allylic oxidation sites excluding steroid dienone is 2. The number of aromatic hydroxyl groups is 1. The van der Waals surface area contributed by atoms with Gasteiger partial charge in [0, 0.05) is 0 Å². The van der Waals surface area contributed by atoms with E-state index in [2.05, 4.69) is 24.9 Å². The van der Waals surface area contributed by atoms with E-state index in [4.69, 9.17) is 4.42 Å². The lowest BCUT2D eigenvalue weighted by Crippen LogP contribution is -1.92. The lowest BCUT2D eigenvalue weighted by atomic mass is 9.97. The molecule has 128 valence electrons. The van der Waals surface area contributed by atoms with Crippen molar-refractivity contribution in [3.8, 4) is 5.75 Å². The van der Waals surface area contributed by atoms with Crippen molar-refractivity contribution in [2.45, 2.75) is 27.2 Å². The van der Waals surface area contributed by atoms with Crippen LogP contribution in [0.4, 0.5) is 0 Å². The topological polar surface area (TPSA) is 66.2 Å². The van der Waals surface area contributed by atoms with Crippen LogP contribution >= 0.6 is 0 Å². The molecule has 3 aromatic rings. The highest BCUT2D eigenvalue weighted by Crippen LogP contribution is 2.25. The second kappa shape index (κ2) is 6.85. The highest BCUT2D eigenvalue weighted by atomic mass is 16.4. The standard InChI is InChI=1S/C21H21NO3/c1-13(2)4-8-18-14(3)10-17(23)12-16(18)7-5-15-6-9-19-20(11-15)25-21(24)22-19/h4-7,9-12,23H,8H2,1-3H3,(H,22,24)/b7-5+. The van der Waals surface area contributed by atoms with Crippen LogP contribution in [0.25, 0.3) is 23.3 Å². The first kappa shape index (κ1) is 16.8. The Morgan fingerprint density at radius 1 is 1.20 bits per heavy atom. The van der Waals surface area contributed by atoms with Gasteiger partial charge in [0.15, 0.2) is 5.58 Å². The molecular weight excluding hydrogens is 314 g/mol. The lowest BCUT2D eigenvalue weighted by Gasteiger charge is -2.10. The first-order valence-electron chi connectivity index (χ1n) is 8.19. The quantitative estimate of drug-likeness (QED) is 0.531. The van der Waals surface area contributed by atoms with Gasteiger partial charge in [0.2, 0.25) is 0 Å². The monoisotopic (exact) mass is 335 g/mol. The van der Waals surface area contributed by atoms with Crippen molar-refractivity contribution in [3.63, 3.8) is 0 Å². The van der Waals surface area contributed by atoms with Gasteiger partial charge in [0.1, 0.15) is 5.75 Å². The summed E-state index contributed by atoms with van der Waals surface area (Å²) in [7, 11) is 0. The Labute approximate surface area is 146 Å². The van der Waals surface area contributed by atoms with Crippen molar-refractivity contribution in [1.29, 1.82) is 0 Å². The Kier molecular flexibility index (Phi) is 4.61. The molecule has 0 aliphatic carbocycles. The molecule has 2 aromatic carbocycles. The van der Waals surface area contributed by atoms with Gasteiger partial charge < -0.3 is 9.52 Å². The molecule has 0 fully saturated rings. The number of fused-ring (bicyclic) bond motifs is 1. The maximum absolute atomic E-state index is 11.3. The van der Waals surface area contributed by atoms with Crippen molar-refractivity contribution < 1.29 is 9.52 Å². The molecule has 0 saturated carbocycles. The molecule has 0 aliphatic rings. The van der Waals surface area contributed by atoms with Crippen LogP contribution in [0.5, 0.6) is 5.75 Å². The van der Waals surface area contributed by atoms with E-state index in [1.54, 1.807) is 12.1 Å². The van der Waals surface area contributed by atoms with Gasteiger partial charge in [-0.15, -0.1) is 0 Å². The van der Waals surface area contributed by atoms with Crippen LogP contribution in [0.3, 0.4) is 0 Å². The minimum Gasteiger partial charge on any atom is -0.508 e. The van der Waals surface area contributed by atoms with Crippen molar-refractivity contribution >= 4 is 23.3 Å². The Morgan fingerprint density at radius 2 is 2.00 bits per heavy atom. The Bertz CT molecular complexity index is 1030. The zero-order valence-corrected chi connectivity index (χ0v) is 14.6. The molecule has 0 saturated heterocycles. The molecular formula is C21H21NO3. The summed E-state index contributed by atoms with van der Waals surface area (Å²) < 4.78 is 5.09. The van der Waals surface area contributed by atoms with E-state index in [9.17, 15) is 9.90 Å². The van der Waals surface area contributed by atoms with E-state index in [1.807, 2.05) is 37.3 Å². The third-order valence-electron chi connectivity index (χ3n) is 4.11. The molecule has 0 amide bonds. The molecule has 4 nitrogen and oxygen atoms in total. The fourth-order valence-electron chi connectivity index (χ4n) is 2.81. The summed E-state index contributed by atoms with van der Waals surface area (Å²) >= 11 is 0. The van der Waals surface area contributed by atoms with E-state index < -0.39 is 5.76 Å². The smallest absolute Gasteiger partial charge is 0.417 e. The lowest BCUT2D eigenvalue weighted by molar-refractivity contribution is 0.474. The highest BCUT2D eigenvalue weighted by Gasteiger charge is 2.06. The van der Waals surface area contributed by atoms with Gasteiger partial charge in [-0.2, -0.15) is 0 Å². The van der Waals surface area contributed by atoms with Crippen LogP contribution in [0.15, 0.2) is 51.2 Å². The maximum atomic E-state index is 11.3. The SMILES string of the molecule is CC(C)=CCc1c(C)cc(O)cc1/C=C/c1ccc2[nH]c(=O)oc2c1. The van der Waals surface area contributed by atoms with Gasteiger partial charge in [-0.1, -0.05) is 29.9 Å². The molecule has 1 heterocycles. The Balaban J connectivity index is 1.98. The molecule has 25 heavy (non-hydrogen) atoms. The third-order valence-corrected chi connectivity index (χ3v) is 4.11. The van der Waals surface area contributed by atoms with Crippen molar-refractivity contribution in [2.24, 2.45) is 0 Å². The summed E-state index contributed by atoms with van der Waals surface area (Å²) in [6, 6.07) is 9.10. The van der Waals surface area contributed by atoms with Gasteiger partial charge in [-0.05, 0) is 73.7 Å². The molecule has 0 atom stereocenters. The number of rotatable bonds is 4. The number of aryl methyl sites for hydroxylation is 1. The van der Waals surface area contributed by atoms with E-state index in [1.165, 1.54) is 11.1 Å². The Morgan fingerprint density at radius 3 is 2.76 bits per heavy atom. The largest absolute Gasteiger partial charge is 0.508 e. The number of oxazole rings is 1. The molecule has 3 rings (SSSR count). The summed E-state index contributed by atoms with van der Waals surface area (Å²) in [4.78, 5) is 13.9. The fourth-order valence-corrected chi connectivity index (χ4v) is 2.81. The highest BCUT2D eigenvalue weighted by molar-refractivity contribution is 5.79. The second-order valence-corrected chi connectivity index (χ2v) is 6.42. The molecule has 0 unspecified atom stereocenters. The number of aromatic amines is 1. The van der Waals surface area contributed by atoms with Crippen LogP contribution in [-0.2, 0) is 6.42 Å². The van der Waals surface area contributed by atoms with Crippen LogP contribution in [0, 0.1) is 6.92 Å². The average molecular weight is 335 g/mol. The summed E-state index contributed by atoms with van der Waals surface area (Å²) in [6.07, 6.45) is 6.93. The third kappa shape index (κ3) is 3.91. The number of hydrogen-bond acceptors (Lipinski definition) is 3. The van der Waals surface area contributed by atoms with Gasteiger partial charge >= 0.3 is 5.76 Å². The molecule has 4 heteroatoms. The molecule has 0 bridgehead atoms. The van der Waals surface area contributed by atoms with E-state index in [0.29, 0.717) is 11.1 Å². The van der Waals surface area contributed by atoms with Gasteiger partial charge in [-0.25, -0.2) is 4.79 Å². The van der Waals surface area contributed by atoms with Crippen molar-refractivity contribution in [3.05, 3.63) is 74.8 Å². The molecule has 0 spiro atoms. The second-order valence-electron chi connectivity index (χ2n) is 6.42. The number of H-pyrrole nitrogens is 1. The average Bonchev–Trinajstić information content (AvgIpc) is 2.90. The zero-order valence-electron chi connectivity index (χ0n) is 14.6. The number of aromatic nitrogens is 1. The number of hydrogen-bond donors (Lipinski definition) is 2. The summed E-state index contributed by atoms with van der Waals surface area (Å²) in [5.74, 6) is -0.200. The minimum atomic E-state index is -0.455. The van der Waals surface area contributed by atoms with Crippen molar-refractivity contribution in [2.75, 3.05) is 0 Å². The van der Waals surface area contributed by atoms with Crippen molar-refractivity contribution in [1.82, 2.24) is 4.98 Å².